The van der Waals surface area contributed by atoms with Crippen LogP contribution >= 0.6 is 0 Å². The molecule has 0 aliphatic rings. The number of hydrogen-bond acceptors (Lipinski definition) is 5. The van der Waals surface area contributed by atoms with Gasteiger partial charge in [0.25, 0.3) is 0 Å². The van der Waals surface area contributed by atoms with Crippen molar-refractivity contribution in [2.75, 3.05) is 19.3 Å². The Balaban J connectivity index is 2.50. The summed E-state index contributed by atoms with van der Waals surface area (Å²) >= 11 is 0. The van der Waals surface area contributed by atoms with E-state index in [4.69, 9.17) is 5.73 Å². The van der Waals surface area contributed by atoms with E-state index in [0.29, 0.717) is 29.1 Å². The van der Waals surface area contributed by atoms with E-state index in [2.05, 4.69) is 37.3 Å². The van der Waals surface area contributed by atoms with Crippen LogP contribution in [0.3, 0.4) is 0 Å². The highest BCUT2D eigenvalue weighted by atomic mass is 15.2. The summed E-state index contributed by atoms with van der Waals surface area (Å²) in [6.45, 7) is 0.605. The van der Waals surface area contributed by atoms with Gasteiger partial charge in [-0.25, -0.2) is 9.97 Å². The quantitative estimate of drug-likeness (QED) is 0.542. The number of aromatic nitrogens is 4. The second-order valence-corrected chi connectivity index (χ2v) is 2.89. The lowest BCUT2D eigenvalue weighted by molar-refractivity contribution is 0.938. The number of rotatable bonds is 1. The normalized spacial score (nSPS) is 9.93. The Morgan fingerprint density at radius 2 is 2.40 bits per heavy atom. The SMILES string of the molecule is CNCC#Cc1[nH]nc2ncnc(N)c12. The van der Waals surface area contributed by atoms with Gasteiger partial charge in [-0.15, -0.1) is 0 Å². The van der Waals surface area contributed by atoms with Crippen LogP contribution in [0.25, 0.3) is 11.0 Å². The van der Waals surface area contributed by atoms with Crippen LogP contribution in [0.1, 0.15) is 5.69 Å². The van der Waals surface area contributed by atoms with Gasteiger partial charge in [-0.2, -0.15) is 5.10 Å². The van der Waals surface area contributed by atoms with Crippen LogP contribution in [0.15, 0.2) is 6.33 Å². The first-order valence-corrected chi connectivity index (χ1v) is 4.41. The summed E-state index contributed by atoms with van der Waals surface area (Å²) in [6, 6.07) is 0. The number of hydrogen-bond donors (Lipinski definition) is 3. The zero-order valence-corrected chi connectivity index (χ0v) is 8.20. The van der Waals surface area contributed by atoms with Crippen LogP contribution in [0, 0.1) is 11.8 Å². The minimum Gasteiger partial charge on any atom is -0.383 e. The van der Waals surface area contributed by atoms with Gasteiger partial charge in [0.1, 0.15) is 17.8 Å². The first kappa shape index (κ1) is 9.43. The molecule has 0 atom stereocenters. The van der Waals surface area contributed by atoms with Gasteiger partial charge in [0.2, 0.25) is 0 Å². The van der Waals surface area contributed by atoms with Gasteiger partial charge in [0, 0.05) is 0 Å². The lowest BCUT2D eigenvalue weighted by Gasteiger charge is -1.92. The van der Waals surface area contributed by atoms with Crippen LogP contribution in [-0.4, -0.2) is 33.8 Å². The molecule has 0 fully saturated rings. The molecule has 2 rings (SSSR count). The molecule has 0 bridgehead atoms. The van der Waals surface area contributed by atoms with E-state index in [1.54, 1.807) is 0 Å². The summed E-state index contributed by atoms with van der Waals surface area (Å²) in [5.74, 6) is 6.22. The monoisotopic (exact) mass is 202 g/mol. The fourth-order valence-corrected chi connectivity index (χ4v) is 1.19. The molecule has 0 radical (unpaired) electrons. The third-order valence-corrected chi connectivity index (χ3v) is 1.86. The molecule has 0 saturated carbocycles. The Morgan fingerprint density at radius 1 is 1.53 bits per heavy atom. The predicted octanol–water partition coefficient (Wildman–Crippen LogP) is -0.494. The molecule has 0 unspecified atom stereocenters. The Morgan fingerprint density at radius 3 is 3.20 bits per heavy atom. The molecular formula is C9H10N6. The standard InChI is InChI=1S/C9H10N6/c1-11-4-2-3-6-7-8(10)12-5-13-9(7)15-14-6/h5,11H,4H2,1H3,(H3,10,12,13,14,15). The fraction of sp³-hybridized carbons (Fsp3) is 0.222. The van der Waals surface area contributed by atoms with E-state index in [-0.39, 0.29) is 0 Å². The first-order chi connectivity index (χ1) is 7.33. The molecule has 0 aliphatic carbocycles. The van der Waals surface area contributed by atoms with Gasteiger partial charge < -0.3 is 11.1 Å². The zero-order valence-electron chi connectivity index (χ0n) is 8.20. The molecular weight excluding hydrogens is 192 g/mol. The Hall–Kier alpha value is -2.13. The van der Waals surface area contributed by atoms with Gasteiger partial charge in [0.15, 0.2) is 5.65 Å². The minimum absolute atomic E-state index is 0.391. The van der Waals surface area contributed by atoms with E-state index in [1.807, 2.05) is 7.05 Å². The van der Waals surface area contributed by atoms with Gasteiger partial charge in [0.05, 0.1) is 11.9 Å². The van der Waals surface area contributed by atoms with Crippen LogP contribution in [-0.2, 0) is 0 Å². The second-order valence-electron chi connectivity index (χ2n) is 2.89. The molecule has 76 valence electrons. The molecule has 6 heteroatoms. The number of nitrogens with two attached hydrogens (primary N) is 1. The smallest absolute Gasteiger partial charge is 0.187 e. The van der Waals surface area contributed by atoms with E-state index >= 15 is 0 Å². The van der Waals surface area contributed by atoms with E-state index in [9.17, 15) is 0 Å². The fourth-order valence-electron chi connectivity index (χ4n) is 1.19. The highest BCUT2D eigenvalue weighted by molar-refractivity contribution is 5.89. The van der Waals surface area contributed by atoms with Crippen LogP contribution in [0.4, 0.5) is 5.82 Å². The topological polar surface area (TPSA) is 92.5 Å². The summed E-state index contributed by atoms with van der Waals surface area (Å²) in [5.41, 5.74) is 6.90. The van der Waals surface area contributed by atoms with Crippen molar-refractivity contribution >= 4 is 16.9 Å². The third-order valence-electron chi connectivity index (χ3n) is 1.86. The first-order valence-electron chi connectivity index (χ1n) is 4.41. The van der Waals surface area contributed by atoms with Crippen LogP contribution in [0.2, 0.25) is 0 Å². The number of nitrogens with one attached hydrogen (secondary N) is 2. The molecule has 6 nitrogen and oxygen atoms in total. The molecule has 0 amide bonds. The molecule has 0 aromatic carbocycles. The molecule has 2 aromatic heterocycles. The van der Waals surface area contributed by atoms with Crippen molar-refractivity contribution in [2.24, 2.45) is 0 Å². The molecule has 15 heavy (non-hydrogen) atoms. The highest BCUT2D eigenvalue weighted by Gasteiger charge is 2.07. The maximum atomic E-state index is 5.71. The highest BCUT2D eigenvalue weighted by Crippen LogP contribution is 2.17. The second kappa shape index (κ2) is 3.94. The zero-order chi connectivity index (χ0) is 10.7. The van der Waals surface area contributed by atoms with Gasteiger partial charge in [-0.1, -0.05) is 5.92 Å². The Bertz CT molecular complexity index is 532. The van der Waals surface area contributed by atoms with Gasteiger partial charge in [-0.3, -0.25) is 5.10 Å². The number of nitrogen functional groups attached to an aromatic ring is 1. The lowest BCUT2D eigenvalue weighted by Crippen LogP contribution is -2.04. The molecule has 2 heterocycles. The Labute approximate surface area is 86.3 Å². The number of anilines is 1. The predicted molar refractivity (Wildman–Crippen MR) is 56.9 cm³/mol. The summed E-state index contributed by atoms with van der Waals surface area (Å²) < 4.78 is 0. The maximum Gasteiger partial charge on any atom is 0.187 e. The number of H-pyrrole nitrogens is 1. The largest absolute Gasteiger partial charge is 0.383 e. The van der Waals surface area contributed by atoms with E-state index in [1.165, 1.54) is 6.33 Å². The molecule has 4 N–H and O–H groups in total. The summed E-state index contributed by atoms with van der Waals surface area (Å²) in [5, 5.41) is 10.4. The number of nitrogens with zero attached hydrogens (tertiary/aromatic N) is 3. The summed E-state index contributed by atoms with van der Waals surface area (Å²) in [7, 11) is 1.83. The van der Waals surface area contributed by atoms with Crippen molar-refractivity contribution in [1.29, 1.82) is 0 Å². The average molecular weight is 202 g/mol. The molecule has 0 spiro atoms. The van der Waals surface area contributed by atoms with E-state index < -0.39 is 0 Å². The van der Waals surface area contributed by atoms with Crippen molar-refractivity contribution < 1.29 is 0 Å². The summed E-state index contributed by atoms with van der Waals surface area (Å²) in [4.78, 5) is 7.87. The van der Waals surface area contributed by atoms with Crippen molar-refractivity contribution in [3.8, 4) is 11.8 Å². The molecule has 0 aliphatic heterocycles. The number of aromatic amines is 1. The lowest BCUT2D eigenvalue weighted by atomic mass is 10.3. The minimum atomic E-state index is 0.391. The maximum absolute atomic E-state index is 5.71. The van der Waals surface area contributed by atoms with Gasteiger partial charge in [-0.05, 0) is 13.0 Å². The summed E-state index contributed by atoms with van der Waals surface area (Å²) in [6.07, 6.45) is 1.38. The van der Waals surface area contributed by atoms with Crippen molar-refractivity contribution in [1.82, 2.24) is 25.5 Å². The average Bonchev–Trinajstić information content (AvgIpc) is 2.63. The van der Waals surface area contributed by atoms with Crippen molar-refractivity contribution in [3.63, 3.8) is 0 Å². The van der Waals surface area contributed by atoms with E-state index in [0.717, 1.165) is 0 Å². The van der Waals surface area contributed by atoms with Crippen LogP contribution in [0.5, 0.6) is 0 Å². The van der Waals surface area contributed by atoms with Crippen molar-refractivity contribution in [3.05, 3.63) is 12.0 Å². The third kappa shape index (κ3) is 1.73. The van der Waals surface area contributed by atoms with Crippen molar-refractivity contribution in [2.45, 2.75) is 0 Å². The van der Waals surface area contributed by atoms with Gasteiger partial charge >= 0.3 is 0 Å². The van der Waals surface area contributed by atoms with Crippen LogP contribution < -0.4 is 11.1 Å². The molecule has 0 saturated heterocycles. The molecule has 2 aromatic rings. The number of fused-ring (bicyclic) bond motifs is 1. The Kier molecular flexibility index (Phi) is 2.48.